The van der Waals surface area contributed by atoms with E-state index in [0.29, 0.717) is 0 Å². The fourth-order valence-corrected chi connectivity index (χ4v) is 3.08. The van der Waals surface area contributed by atoms with Gasteiger partial charge in [-0.3, -0.25) is 24.0 Å². The number of rotatable bonds is 16. The Labute approximate surface area is 211 Å². The zero-order chi connectivity index (χ0) is 28.1. The minimum Gasteiger partial charge on any atom is -0.481 e. The van der Waals surface area contributed by atoms with E-state index in [1.165, 1.54) is 12.1 Å². The van der Waals surface area contributed by atoms with E-state index in [1.54, 1.807) is 19.1 Å². The van der Waals surface area contributed by atoms with E-state index >= 15 is 0 Å². The van der Waals surface area contributed by atoms with E-state index in [0.717, 1.165) is 5.56 Å². The highest BCUT2D eigenvalue weighted by Crippen LogP contribution is 2.08. The van der Waals surface area contributed by atoms with Crippen molar-refractivity contribution in [1.29, 1.82) is 0 Å². The molecule has 37 heavy (non-hydrogen) atoms. The van der Waals surface area contributed by atoms with Gasteiger partial charge in [0.25, 0.3) is 5.91 Å². The highest BCUT2D eigenvalue weighted by Gasteiger charge is 2.28. The summed E-state index contributed by atoms with van der Waals surface area (Å²) in [5.74, 6) is -8.04. The van der Waals surface area contributed by atoms with Crippen LogP contribution in [0.25, 0.3) is 0 Å². The number of amides is 3. The Kier molecular flexibility index (Phi) is 12.2. The van der Waals surface area contributed by atoms with Gasteiger partial charge in [-0.25, -0.2) is 9.59 Å². The molecule has 0 aromatic heterocycles. The molecule has 1 aromatic rings. The standard InChI is InChI=1S/C23H29N3O11/c1-12-2-4-13(5-3-12)20(32)25-14(21(33)26-16(23(36)37)8-11-19(30)31)6-9-17(27)24-15(22(34)35)7-10-18(28)29/h2-5,14-16H,6-11H2,1H3,(H,24,27)(H,25,32)(H,26,33)(H,28,29)(H,30,31)(H,34,35)(H,36,37). The van der Waals surface area contributed by atoms with Gasteiger partial charge in [0.1, 0.15) is 18.1 Å². The van der Waals surface area contributed by atoms with Crippen LogP contribution in [-0.4, -0.2) is 80.2 Å². The quantitative estimate of drug-likeness (QED) is 0.149. The molecule has 3 atom stereocenters. The Morgan fingerprint density at radius 2 is 1.11 bits per heavy atom. The van der Waals surface area contributed by atoms with Crippen molar-refractivity contribution in [3.05, 3.63) is 35.4 Å². The van der Waals surface area contributed by atoms with Crippen molar-refractivity contribution in [2.75, 3.05) is 0 Å². The lowest BCUT2D eigenvalue weighted by Crippen LogP contribution is -2.52. The molecule has 0 heterocycles. The van der Waals surface area contributed by atoms with Crippen LogP contribution in [0.5, 0.6) is 0 Å². The molecule has 0 aliphatic carbocycles. The lowest BCUT2D eigenvalue weighted by atomic mass is 10.1. The first-order valence-corrected chi connectivity index (χ1v) is 11.2. The van der Waals surface area contributed by atoms with Crippen LogP contribution in [0.1, 0.15) is 54.4 Å². The van der Waals surface area contributed by atoms with Crippen molar-refractivity contribution in [3.63, 3.8) is 0 Å². The van der Waals surface area contributed by atoms with Crippen LogP contribution in [0.15, 0.2) is 24.3 Å². The maximum absolute atomic E-state index is 12.8. The number of aryl methyl sites for hydroxylation is 1. The van der Waals surface area contributed by atoms with E-state index in [2.05, 4.69) is 16.0 Å². The van der Waals surface area contributed by atoms with Crippen molar-refractivity contribution >= 4 is 41.6 Å². The summed E-state index contributed by atoms with van der Waals surface area (Å²) in [5.41, 5.74) is 1.04. The van der Waals surface area contributed by atoms with Gasteiger partial charge < -0.3 is 36.4 Å². The van der Waals surface area contributed by atoms with E-state index in [9.17, 15) is 43.8 Å². The van der Waals surface area contributed by atoms with Crippen molar-refractivity contribution < 1.29 is 54.0 Å². The van der Waals surface area contributed by atoms with Crippen molar-refractivity contribution in [3.8, 4) is 0 Å². The van der Waals surface area contributed by atoms with E-state index in [1.807, 2.05) is 0 Å². The summed E-state index contributed by atoms with van der Waals surface area (Å²) >= 11 is 0. The molecule has 0 aliphatic heterocycles. The van der Waals surface area contributed by atoms with E-state index in [-0.39, 0.29) is 18.4 Å². The number of hydrogen-bond acceptors (Lipinski definition) is 7. The van der Waals surface area contributed by atoms with Gasteiger partial charge in [0, 0.05) is 24.8 Å². The normalized spacial score (nSPS) is 12.9. The number of aliphatic carboxylic acids is 4. The minimum absolute atomic E-state index is 0.174. The Balaban J connectivity index is 2.98. The summed E-state index contributed by atoms with van der Waals surface area (Å²) in [6, 6.07) is 1.75. The molecule has 0 saturated heterocycles. The van der Waals surface area contributed by atoms with Crippen LogP contribution < -0.4 is 16.0 Å². The Bertz CT molecular complexity index is 1020. The fourth-order valence-electron chi connectivity index (χ4n) is 3.08. The average Bonchev–Trinajstić information content (AvgIpc) is 2.81. The molecule has 14 heteroatoms. The lowest BCUT2D eigenvalue weighted by Gasteiger charge is -2.22. The first-order chi connectivity index (χ1) is 17.3. The number of benzene rings is 1. The molecule has 1 rings (SSSR count). The third-order valence-corrected chi connectivity index (χ3v) is 5.14. The smallest absolute Gasteiger partial charge is 0.326 e. The van der Waals surface area contributed by atoms with Crippen LogP contribution in [0.4, 0.5) is 0 Å². The molecule has 0 fully saturated rings. The van der Waals surface area contributed by atoms with Crippen LogP contribution in [0, 0.1) is 6.92 Å². The average molecular weight is 523 g/mol. The Morgan fingerprint density at radius 1 is 0.649 bits per heavy atom. The van der Waals surface area contributed by atoms with E-state index < -0.39 is 85.4 Å². The summed E-state index contributed by atoms with van der Waals surface area (Å²) in [4.78, 5) is 82.0. The number of nitrogens with one attached hydrogen (secondary N) is 3. The van der Waals surface area contributed by atoms with Crippen molar-refractivity contribution in [1.82, 2.24) is 16.0 Å². The predicted molar refractivity (Wildman–Crippen MR) is 125 cm³/mol. The molecule has 202 valence electrons. The largest absolute Gasteiger partial charge is 0.481 e. The second kappa shape index (κ2) is 14.8. The molecular weight excluding hydrogens is 494 g/mol. The summed E-state index contributed by atoms with van der Waals surface area (Å²) in [5, 5.41) is 42.7. The fraction of sp³-hybridized carbons (Fsp3) is 0.435. The molecule has 0 spiro atoms. The van der Waals surface area contributed by atoms with Gasteiger partial charge >= 0.3 is 23.9 Å². The Morgan fingerprint density at radius 3 is 1.57 bits per heavy atom. The van der Waals surface area contributed by atoms with Gasteiger partial charge in [0.05, 0.1) is 0 Å². The second-order valence-corrected chi connectivity index (χ2v) is 8.15. The van der Waals surface area contributed by atoms with Crippen molar-refractivity contribution in [2.24, 2.45) is 0 Å². The zero-order valence-corrected chi connectivity index (χ0v) is 19.9. The highest BCUT2D eigenvalue weighted by atomic mass is 16.4. The molecule has 0 radical (unpaired) electrons. The first-order valence-electron chi connectivity index (χ1n) is 11.2. The summed E-state index contributed by atoms with van der Waals surface area (Å²) < 4.78 is 0. The minimum atomic E-state index is -1.58. The van der Waals surface area contributed by atoms with Crippen LogP contribution in [0.2, 0.25) is 0 Å². The van der Waals surface area contributed by atoms with Gasteiger partial charge in [-0.2, -0.15) is 0 Å². The molecule has 7 N–H and O–H groups in total. The second-order valence-electron chi connectivity index (χ2n) is 8.15. The molecule has 0 saturated carbocycles. The van der Waals surface area contributed by atoms with Gasteiger partial charge in [-0.05, 0) is 38.3 Å². The van der Waals surface area contributed by atoms with Gasteiger partial charge in [0.2, 0.25) is 11.8 Å². The number of carbonyl (C=O) groups excluding carboxylic acids is 3. The van der Waals surface area contributed by atoms with Crippen LogP contribution >= 0.6 is 0 Å². The molecule has 14 nitrogen and oxygen atoms in total. The maximum atomic E-state index is 12.8. The monoisotopic (exact) mass is 523 g/mol. The van der Waals surface area contributed by atoms with Gasteiger partial charge in [0.15, 0.2) is 0 Å². The number of carboxylic acids is 4. The molecule has 3 unspecified atom stereocenters. The Hall–Kier alpha value is -4.49. The van der Waals surface area contributed by atoms with E-state index in [4.69, 9.17) is 10.2 Å². The maximum Gasteiger partial charge on any atom is 0.326 e. The van der Waals surface area contributed by atoms with Crippen LogP contribution in [-0.2, 0) is 28.8 Å². The summed E-state index contributed by atoms with van der Waals surface area (Å²) in [6.45, 7) is 1.79. The first kappa shape index (κ1) is 30.5. The third kappa shape index (κ3) is 11.7. The number of hydrogen-bond donors (Lipinski definition) is 7. The number of carboxylic acid groups (broad SMARTS) is 4. The van der Waals surface area contributed by atoms with Crippen LogP contribution in [0.3, 0.4) is 0 Å². The zero-order valence-electron chi connectivity index (χ0n) is 19.9. The SMILES string of the molecule is Cc1ccc(C(=O)NC(CCC(=O)NC(CCC(=O)O)C(=O)O)C(=O)NC(CCC(=O)O)C(=O)O)cc1. The molecule has 1 aromatic carbocycles. The molecule has 3 amide bonds. The van der Waals surface area contributed by atoms with Gasteiger partial charge in [-0.1, -0.05) is 17.7 Å². The molecular formula is C23H29N3O11. The topological polar surface area (TPSA) is 236 Å². The number of carbonyl (C=O) groups is 7. The van der Waals surface area contributed by atoms with Crippen molar-refractivity contribution in [2.45, 2.75) is 63.6 Å². The highest BCUT2D eigenvalue weighted by molar-refractivity contribution is 5.98. The third-order valence-electron chi connectivity index (χ3n) is 5.14. The lowest BCUT2D eigenvalue weighted by molar-refractivity contribution is -0.143. The summed E-state index contributed by atoms with van der Waals surface area (Å²) in [7, 11) is 0. The predicted octanol–water partition coefficient (Wildman–Crippen LogP) is -0.258. The summed E-state index contributed by atoms with van der Waals surface area (Å²) in [6.07, 6.45) is -2.72. The van der Waals surface area contributed by atoms with Gasteiger partial charge in [-0.15, -0.1) is 0 Å². The molecule has 0 aliphatic rings. The molecule has 0 bridgehead atoms.